The number of hydrogen-bond donors (Lipinski definition) is 4. The number of oxazole rings is 1. The largest absolute Gasteiger partial charge is 0.487 e. The lowest BCUT2D eigenvalue weighted by molar-refractivity contribution is 0.299. The first-order valence-corrected chi connectivity index (χ1v) is 11.7. The summed E-state index contributed by atoms with van der Waals surface area (Å²) in [6, 6.07) is 15.8. The zero-order chi connectivity index (χ0) is 26.8. The highest BCUT2D eigenvalue weighted by Crippen LogP contribution is 2.40. The lowest BCUT2D eigenvalue weighted by atomic mass is 9.95. The highest BCUT2D eigenvalue weighted by molar-refractivity contribution is 6.33. The number of halogens is 1. The van der Waals surface area contributed by atoms with Gasteiger partial charge in [-0.3, -0.25) is 5.32 Å². The number of nitrogens with two attached hydrogens (primary N) is 2. The molecule has 12 heteroatoms. The summed E-state index contributed by atoms with van der Waals surface area (Å²) in [7, 11) is 0. The summed E-state index contributed by atoms with van der Waals surface area (Å²) in [5.74, 6) is 2.12. The normalized spacial score (nSPS) is 13.9. The Bertz CT molecular complexity index is 1650. The minimum Gasteiger partial charge on any atom is -0.487 e. The van der Waals surface area contributed by atoms with Gasteiger partial charge in [-0.25, -0.2) is 15.0 Å². The van der Waals surface area contributed by atoms with Crippen molar-refractivity contribution in [3.8, 4) is 29.5 Å². The zero-order valence-corrected chi connectivity index (χ0v) is 20.7. The van der Waals surface area contributed by atoms with Gasteiger partial charge in [0.05, 0.1) is 16.3 Å². The van der Waals surface area contributed by atoms with Gasteiger partial charge >= 0.3 is 0 Å². The average Bonchev–Trinajstić information content (AvgIpc) is 3.28. The molecule has 0 aliphatic carbocycles. The molecule has 1 unspecified atom stereocenters. The maximum Gasteiger partial charge on any atom is 0.228 e. The van der Waals surface area contributed by atoms with Crippen LogP contribution >= 0.6 is 11.6 Å². The number of nitriles is 2. The van der Waals surface area contributed by atoms with Crippen LogP contribution in [0.2, 0.25) is 5.02 Å². The number of guanidine groups is 1. The predicted molar refractivity (Wildman–Crippen MR) is 142 cm³/mol. The number of aliphatic imine (C=N–C) groups is 1. The molecule has 38 heavy (non-hydrogen) atoms. The Morgan fingerprint density at radius 1 is 1.13 bits per heavy atom. The van der Waals surface area contributed by atoms with E-state index >= 15 is 0 Å². The molecule has 11 nitrogen and oxygen atoms in total. The second-order valence-electron chi connectivity index (χ2n) is 8.26. The number of anilines is 3. The third kappa shape index (κ3) is 4.50. The number of aryl methyl sites for hydroxylation is 1. The van der Waals surface area contributed by atoms with Crippen LogP contribution in [0.4, 0.5) is 17.3 Å². The molecule has 1 atom stereocenters. The number of rotatable bonds is 5. The second-order valence-corrected chi connectivity index (χ2v) is 8.67. The first-order valence-electron chi connectivity index (χ1n) is 11.3. The van der Waals surface area contributed by atoms with Crippen molar-refractivity contribution in [1.82, 2.24) is 15.3 Å². The summed E-state index contributed by atoms with van der Waals surface area (Å²) in [6.07, 6.45) is 1.83. The van der Waals surface area contributed by atoms with Crippen LogP contribution in [-0.4, -0.2) is 15.9 Å². The SMILES string of the molecule is Cc1oc(-c2ccccc2Cl)nc1COc1ccc(C2N=C(NC#N)Nc3nc(N)c(C#N)c(N)c32)cc1. The Morgan fingerprint density at radius 3 is 2.61 bits per heavy atom. The topological polar surface area (TPSA) is 184 Å². The van der Waals surface area contributed by atoms with Gasteiger partial charge in [0.25, 0.3) is 0 Å². The molecule has 0 saturated heterocycles. The molecule has 0 bridgehead atoms. The minimum absolute atomic E-state index is 0.0159. The van der Waals surface area contributed by atoms with Crippen molar-refractivity contribution in [2.24, 2.45) is 4.99 Å². The van der Waals surface area contributed by atoms with Gasteiger partial charge in [-0.2, -0.15) is 10.5 Å². The van der Waals surface area contributed by atoms with Crippen molar-refractivity contribution >= 4 is 34.9 Å². The van der Waals surface area contributed by atoms with Gasteiger partial charge in [0, 0.05) is 5.56 Å². The fraction of sp³-hybridized carbons (Fsp3) is 0.115. The monoisotopic (exact) mass is 525 g/mol. The molecule has 0 amide bonds. The van der Waals surface area contributed by atoms with E-state index in [1.165, 1.54) is 0 Å². The van der Waals surface area contributed by atoms with Gasteiger partial charge in [-0.15, -0.1) is 0 Å². The van der Waals surface area contributed by atoms with Crippen molar-refractivity contribution < 1.29 is 9.15 Å². The molecule has 6 N–H and O–H groups in total. The van der Waals surface area contributed by atoms with Crippen LogP contribution in [0, 0.1) is 29.7 Å². The molecular formula is C26H20ClN9O2. The van der Waals surface area contributed by atoms with E-state index in [9.17, 15) is 5.26 Å². The molecular weight excluding hydrogens is 506 g/mol. The summed E-state index contributed by atoms with van der Waals surface area (Å²) >= 11 is 6.27. The van der Waals surface area contributed by atoms with Crippen LogP contribution in [0.25, 0.3) is 11.5 Å². The smallest absolute Gasteiger partial charge is 0.228 e. The van der Waals surface area contributed by atoms with E-state index in [1.54, 1.807) is 18.2 Å². The van der Waals surface area contributed by atoms with E-state index in [1.807, 2.05) is 49.5 Å². The number of fused-ring (bicyclic) bond motifs is 1. The third-order valence-corrected chi connectivity index (χ3v) is 6.26. The van der Waals surface area contributed by atoms with Crippen molar-refractivity contribution in [3.63, 3.8) is 0 Å². The van der Waals surface area contributed by atoms with Crippen LogP contribution in [0.5, 0.6) is 5.75 Å². The number of benzene rings is 2. The molecule has 4 aromatic rings. The first kappa shape index (κ1) is 24.4. The van der Waals surface area contributed by atoms with Gasteiger partial charge in [0.15, 0.2) is 6.19 Å². The van der Waals surface area contributed by atoms with E-state index in [0.717, 1.165) is 5.56 Å². The molecule has 5 rings (SSSR count). The fourth-order valence-electron chi connectivity index (χ4n) is 4.03. The first-order chi connectivity index (χ1) is 18.4. The summed E-state index contributed by atoms with van der Waals surface area (Å²) in [6.45, 7) is 2.00. The standard InChI is InChI=1S/C26H20ClN9O2/c1-13-19(33-25(38-13)16-4-2-3-5-18(16)27)11-37-15-8-6-14(7-9-15)22-20-21(30)17(10-28)23(31)35-24(20)36-26(34-22)32-12-29/h2-9,22H,11H2,1H3,(H6,30,31,32,34,35,36). The molecule has 1 aliphatic rings. The maximum atomic E-state index is 9.49. The van der Waals surface area contributed by atoms with Crippen molar-refractivity contribution in [2.75, 3.05) is 16.8 Å². The molecule has 3 heterocycles. The predicted octanol–water partition coefficient (Wildman–Crippen LogP) is 4.26. The molecule has 188 valence electrons. The van der Waals surface area contributed by atoms with Gasteiger partial charge in [0.2, 0.25) is 11.9 Å². The van der Waals surface area contributed by atoms with Crippen LogP contribution < -0.4 is 26.8 Å². The number of nitrogens with zero attached hydrogens (tertiary/aromatic N) is 5. The quantitative estimate of drug-likeness (QED) is 0.217. The third-order valence-electron chi connectivity index (χ3n) is 5.93. The van der Waals surface area contributed by atoms with E-state index in [0.29, 0.717) is 45.1 Å². The minimum atomic E-state index is -0.646. The van der Waals surface area contributed by atoms with E-state index in [4.69, 9.17) is 37.5 Å². The number of nitrogen functional groups attached to an aromatic ring is 2. The summed E-state index contributed by atoms with van der Waals surface area (Å²) in [5.41, 5.74) is 15.0. The molecule has 2 aromatic heterocycles. The Hall–Kier alpha value is -5.26. The number of hydrogen-bond acceptors (Lipinski definition) is 11. The lowest BCUT2D eigenvalue weighted by Gasteiger charge is -2.26. The van der Waals surface area contributed by atoms with Crippen molar-refractivity contribution in [1.29, 1.82) is 10.5 Å². The number of pyridine rings is 1. The van der Waals surface area contributed by atoms with E-state index < -0.39 is 6.04 Å². The van der Waals surface area contributed by atoms with Crippen LogP contribution in [-0.2, 0) is 6.61 Å². The number of ether oxygens (including phenoxy) is 1. The van der Waals surface area contributed by atoms with Gasteiger partial charge < -0.3 is 25.9 Å². The number of nitrogens with one attached hydrogen (secondary N) is 2. The molecule has 0 fully saturated rings. The molecule has 0 saturated carbocycles. The summed E-state index contributed by atoms with van der Waals surface area (Å²) in [5, 5.41) is 24.5. The Balaban J connectivity index is 1.39. The van der Waals surface area contributed by atoms with Crippen molar-refractivity contribution in [2.45, 2.75) is 19.6 Å². The zero-order valence-electron chi connectivity index (χ0n) is 20.0. The van der Waals surface area contributed by atoms with Crippen LogP contribution in [0.3, 0.4) is 0 Å². The van der Waals surface area contributed by atoms with E-state index in [-0.39, 0.29) is 29.6 Å². The average molecular weight is 526 g/mol. The van der Waals surface area contributed by atoms with Crippen LogP contribution in [0.15, 0.2) is 57.9 Å². The highest BCUT2D eigenvalue weighted by atomic mass is 35.5. The van der Waals surface area contributed by atoms with E-state index in [2.05, 4.69) is 25.6 Å². The lowest BCUT2D eigenvalue weighted by Crippen LogP contribution is -2.32. The second kappa shape index (κ2) is 10.0. The Morgan fingerprint density at radius 2 is 1.89 bits per heavy atom. The van der Waals surface area contributed by atoms with Gasteiger partial charge in [0.1, 0.15) is 53.1 Å². The van der Waals surface area contributed by atoms with Crippen molar-refractivity contribution in [3.05, 3.63) is 81.7 Å². The maximum absolute atomic E-state index is 9.49. The summed E-state index contributed by atoms with van der Waals surface area (Å²) < 4.78 is 11.7. The van der Waals surface area contributed by atoms with Gasteiger partial charge in [-0.05, 0) is 36.8 Å². The van der Waals surface area contributed by atoms with Gasteiger partial charge in [-0.1, -0.05) is 35.9 Å². The Kier molecular flexibility index (Phi) is 6.44. The molecule has 2 aromatic carbocycles. The Labute approximate surface area is 222 Å². The molecule has 1 aliphatic heterocycles. The fourth-order valence-corrected chi connectivity index (χ4v) is 4.25. The molecule has 0 spiro atoms. The molecule has 0 radical (unpaired) electrons. The number of aromatic nitrogens is 2. The summed E-state index contributed by atoms with van der Waals surface area (Å²) in [4.78, 5) is 13.3. The highest BCUT2D eigenvalue weighted by Gasteiger charge is 2.29. The van der Waals surface area contributed by atoms with Crippen LogP contribution in [0.1, 0.15) is 34.2 Å².